The highest BCUT2D eigenvalue weighted by Gasteiger charge is 2.24. The molecule has 0 unspecified atom stereocenters. The van der Waals surface area contributed by atoms with Crippen LogP contribution in [0.1, 0.15) is 5.69 Å². The smallest absolute Gasteiger partial charge is 0.316 e. The van der Waals surface area contributed by atoms with Gasteiger partial charge in [0.05, 0.1) is 7.11 Å². The van der Waals surface area contributed by atoms with Crippen LogP contribution >= 0.6 is 0 Å². The Bertz CT molecular complexity index is 514. The summed E-state index contributed by atoms with van der Waals surface area (Å²) in [6, 6.07) is 1.63. The van der Waals surface area contributed by atoms with E-state index in [0.717, 1.165) is 0 Å². The number of ether oxygens (including phenoxy) is 1. The normalized spacial score (nSPS) is 14.8. The van der Waals surface area contributed by atoms with Crippen LogP contribution in [0.5, 0.6) is 5.88 Å². The van der Waals surface area contributed by atoms with E-state index in [4.69, 9.17) is 4.74 Å². The Hall–Kier alpha value is -2.22. The Morgan fingerprint density at radius 1 is 1.35 bits per heavy atom. The molecule has 1 aromatic rings. The third kappa shape index (κ3) is 3.41. The molecule has 1 aromatic heterocycles. The van der Waals surface area contributed by atoms with Crippen molar-refractivity contribution >= 4 is 17.8 Å². The summed E-state index contributed by atoms with van der Waals surface area (Å²) in [5, 5.41) is 5.52. The largest absolute Gasteiger partial charge is 0.481 e. The summed E-state index contributed by atoms with van der Waals surface area (Å²) in [6.07, 6.45) is 0. The van der Waals surface area contributed by atoms with Crippen molar-refractivity contribution < 1.29 is 14.3 Å². The Kier molecular flexibility index (Phi) is 4.46. The number of aryl methyl sites for hydroxylation is 1. The molecule has 2 amide bonds. The van der Waals surface area contributed by atoms with E-state index in [2.05, 4.69) is 20.6 Å². The first-order chi connectivity index (χ1) is 9.60. The fraction of sp³-hybridized carbons (Fsp3) is 0.500. The van der Waals surface area contributed by atoms with Crippen LogP contribution in [0.4, 0.5) is 5.95 Å². The predicted molar refractivity (Wildman–Crippen MR) is 71.4 cm³/mol. The van der Waals surface area contributed by atoms with Crippen molar-refractivity contribution in [3.63, 3.8) is 0 Å². The zero-order valence-electron chi connectivity index (χ0n) is 11.5. The van der Waals surface area contributed by atoms with Gasteiger partial charge in [0, 0.05) is 37.9 Å². The number of anilines is 1. The molecule has 0 saturated carbocycles. The molecule has 8 nitrogen and oxygen atoms in total. The number of nitrogens with zero attached hydrogens (tertiary/aromatic N) is 3. The quantitative estimate of drug-likeness (QED) is 0.686. The van der Waals surface area contributed by atoms with Crippen LogP contribution < -0.4 is 15.4 Å². The number of hydrogen-bond donors (Lipinski definition) is 2. The average molecular weight is 279 g/mol. The van der Waals surface area contributed by atoms with Crippen molar-refractivity contribution in [1.29, 1.82) is 0 Å². The topological polar surface area (TPSA) is 96.4 Å². The number of aromatic nitrogens is 2. The van der Waals surface area contributed by atoms with Crippen molar-refractivity contribution in [3.8, 4) is 5.88 Å². The van der Waals surface area contributed by atoms with Gasteiger partial charge in [-0.05, 0) is 6.92 Å². The number of amides is 2. The Morgan fingerprint density at radius 3 is 2.70 bits per heavy atom. The van der Waals surface area contributed by atoms with E-state index in [1.165, 1.54) is 12.0 Å². The van der Waals surface area contributed by atoms with Gasteiger partial charge < -0.3 is 15.0 Å². The van der Waals surface area contributed by atoms with Gasteiger partial charge in [-0.15, -0.1) is 0 Å². The Balaban J connectivity index is 2.03. The fourth-order valence-electron chi connectivity index (χ4n) is 1.87. The highest BCUT2D eigenvalue weighted by atomic mass is 16.5. The molecule has 1 aliphatic rings. The highest BCUT2D eigenvalue weighted by Crippen LogP contribution is 2.11. The van der Waals surface area contributed by atoms with Crippen LogP contribution in [-0.2, 0) is 9.59 Å². The van der Waals surface area contributed by atoms with Crippen LogP contribution in [0.2, 0.25) is 0 Å². The fourth-order valence-corrected chi connectivity index (χ4v) is 1.87. The summed E-state index contributed by atoms with van der Waals surface area (Å²) in [7, 11) is 1.47. The molecule has 2 heterocycles. The molecule has 0 aromatic carbocycles. The molecular weight excluding hydrogens is 262 g/mol. The molecule has 1 saturated heterocycles. The number of rotatable bonds is 2. The summed E-state index contributed by atoms with van der Waals surface area (Å²) in [5.41, 5.74) is 0.641. The number of carbonyl (C=O) groups excluding carboxylic acids is 2. The van der Waals surface area contributed by atoms with Crippen LogP contribution in [0.25, 0.3) is 0 Å². The number of hydrogen-bond acceptors (Lipinski definition) is 6. The summed E-state index contributed by atoms with van der Waals surface area (Å²) in [6.45, 7) is 4.16. The number of carbonyl (C=O) groups is 2. The zero-order chi connectivity index (χ0) is 14.5. The van der Waals surface area contributed by atoms with Gasteiger partial charge >= 0.3 is 11.8 Å². The maximum Gasteiger partial charge on any atom is 0.316 e. The summed E-state index contributed by atoms with van der Waals surface area (Å²) in [4.78, 5) is 33.3. The lowest BCUT2D eigenvalue weighted by Crippen LogP contribution is -2.50. The van der Waals surface area contributed by atoms with Crippen molar-refractivity contribution in [2.75, 3.05) is 38.6 Å². The third-order valence-corrected chi connectivity index (χ3v) is 2.86. The molecule has 20 heavy (non-hydrogen) atoms. The maximum absolute atomic E-state index is 11.9. The van der Waals surface area contributed by atoms with Gasteiger partial charge in [0.2, 0.25) is 11.8 Å². The lowest BCUT2D eigenvalue weighted by atomic mass is 10.3. The molecule has 108 valence electrons. The third-order valence-electron chi connectivity index (χ3n) is 2.86. The molecule has 2 N–H and O–H groups in total. The first-order valence-electron chi connectivity index (χ1n) is 6.31. The molecular formula is C12H17N5O3. The Labute approximate surface area is 116 Å². The minimum atomic E-state index is -0.737. The maximum atomic E-state index is 11.9. The molecule has 2 rings (SSSR count). The first kappa shape index (κ1) is 14.2. The van der Waals surface area contributed by atoms with E-state index in [1.54, 1.807) is 13.0 Å². The van der Waals surface area contributed by atoms with Crippen molar-refractivity contribution in [1.82, 2.24) is 20.2 Å². The zero-order valence-corrected chi connectivity index (χ0v) is 11.5. The Morgan fingerprint density at radius 2 is 2.05 bits per heavy atom. The summed E-state index contributed by atoms with van der Waals surface area (Å²) >= 11 is 0. The molecule has 1 fully saturated rings. The standard InChI is InChI=1S/C12H17N5O3/c1-8-7-9(20-2)15-12(14-8)16-10(18)11(19)17-5-3-13-4-6-17/h7,13H,3-6H2,1-2H3,(H,14,15,16,18). The lowest BCUT2D eigenvalue weighted by Gasteiger charge is -2.26. The molecule has 1 aliphatic heterocycles. The predicted octanol–water partition coefficient (Wildman–Crippen LogP) is -0.836. The van der Waals surface area contributed by atoms with Gasteiger partial charge in [-0.1, -0.05) is 0 Å². The van der Waals surface area contributed by atoms with E-state index in [-0.39, 0.29) is 5.95 Å². The van der Waals surface area contributed by atoms with E-state index in [0.29, 0.717) is 37.8 Å². The second kappa shape index (κ2) is 6.29. The van der Waals surface area contributed by atoms with E-state index in [9.17, 15) is 9.59 Å². The second-order valence-electron chi connectivity index (χ2n) is 4.37. The monoisotopic (exact) mass is 279 g/mol. The van der Waals surface area contributed by atoms with Gasteiger partial charge in [-0.3, -0.25) is 14.9 Å². The molecule has 0 atom stereocenters. The van der Waals surface area contributed by atoms with E-state index >= 15 is 0 Å². The molecule has 0 spiro atoms. The van der Waals surface area contributed by atoms with Crippen molar-refractivity contribution in [3.05, 3.63) is 11.8 Å². The van der Waals surface area contributed by atoms with Crippen LogP contribution in [0.3, 0.4) is 0 Å². The second-order valence-corrected chi connectivity index (χ2v) is 4.37. The SMILES string of the molecule is COc1cc(C)nc(NC(=O)C(=O)N2CCNCC2)n1. The van der Waals surface area contributed by atoms with Crippen LogP contribution in [0.15, 0.2) is 6.07 Å². The van der Waals surface area contributed by atoms with Gasteiger partial charge in [0.25, 0.3) is 0 Å². The van der Waals surface area contributed by atoms with Crippen molar-refractivity contribution in [2.24, 2.45) is 0 Å². The van der Waals surface area contributed by atoms with Gasteiger partial charge in [-0.25, -0.2) is 4.98 Å². The summed E-state index contributed by atoms with van der Waals surface area (Å²) in [5.74, 6) is -0.909. The molecule has 0 aliphatic carbocycles. The number of methoxy groups -OCH3 is 1. The lowest BCUT2D eigenvalue weighted by molar-refractivity contribution is -0.143. The number of nitrogens with one attached hydrogen (secondary N) is 2. The minimum Gasteiger partial charge on any atom is -0.481 e. The van der Waals surface area contributed by atoms with Gasteiger partial charge in [-0.2, -0.15) is 4.98 Å². The van der Waals surface area contributed by atoms with Gasteiger partial charge in [0.15, 0.2) is 0 Å². The van der Waals surface area contributed by atoms with Crippen LogP contribution in [-0.4, -0.2) is 60.0 Å². The molecule has 8 heteroatoms. The minimum absolute atomic E-state index is 0.0651. The molecule has 0 bridgehead atoms. The van der Waals surface area contributed by atoms with Gasteiger partial charge in [0.1, 0.15) is 0 Å². The average Bonchev–Trinajstić information content (AvgIpc) is 2.46. The van der Waals surface area contributed by atoms with E-state index in [1.807, 2.05) is 0 Å². The number of piperazine rings is 1. The first-order valence-corrected chi connectivity index (χ1v) is 6.31. The molecule has 0 radical (unpaired) electrons. The van der Waals surface area contributed by atoms with Crippen molar-refractivity contribution in [2.45, 2.75) is 6.92 Å². The summed E-state index contributed by atoms with van der Waals surface area (Å²) < 4.78 is 4.99. The van der Waals surface area contributed by atoms with E-state index < -0.39 is 11.8 Å². The van der Waals surface area contributed by atoms with Crippen LogP contribution in [0, 0.1) is 6.92 Å². The highest BCUT2D eigenvalue weighted by molar-refractivity contribution is 6.39.